The zero-order valence-corrected chi connectivity index (χ0v) is 16.3. The second-order valence-corrected chi connectivity index (χ2v) is 7.36. The van der Waals surface area contributed by atoms with Crippen LogP contribution in [0.2, 0.25) is 0 Å². The summed E-state index contributed by atoms with van der Waals surface area (Å²) in [6.07, 6.45) is 1.68. The number of nitrogens with zero attached hydrogens (tertiary/aromatic N) is 1. The molecule has 1 N–H and O–H groups in total. The summed E-state index contributed by atoms with van der Waals surface area (Å²) in [5.41, 5.74) is 0. The van der Waals surface area contributed by atoms with E-state index in [1.807, 2.05) is 12.1 Å². The van der Waals surface area contributed by atoms with Gasteiger partial charge in [-0.2, -0.15) is 0 Å². The first-order valence-corrected chi connectivity index (χ1v) is 8.51. The quantitative estimate of drug-likeness (QED) is 0.412. The van der Waals surface area contributed by atoms with Crippen molar-refractivity contribution in [2.45, 2.75) is 0 Å². The Morgan fingerprint density at radius 1 is 1.12 bits per heavy atom. The Kier molecular flexibility index (Phi) is 7.24. The molecule has 5 heteroatoms. The molecule has 0 atom stereocenters. The molecule has 82 valence electrons. The van der Waals surface area contributed by atoms with Crippen molar-refractivity contribution in [2.24, 2.45) is 0 Å². The molecule has 1 aromatic carbocycles. The summed E-state index contributed by atoms with van der Waals surface area (Å²) in [4.78, 5) is 3.95. The molecule has 0 saturated carbocycles. The van der Waals surface area contributed by atoms with Crippen molar-refractivity contribution in [3.63, 3.8) is 0 Å². The van der Waals surface area contributed by atoms with Crippen LogP contribution in [0.3, 0.4) is 0 Å². The number of aromatic nitrogens is 1. The molecule has 0 aliphatic carbocycles. The average molecular weight is 447 g/mol. The van der Waals surface area contributed by atoms with Crippen LogP contribution >= 0.6 is 12.2 Å². The summed E-state index contributed by atoms with van der Waals surface area (Å²) in [7, 11) is 0. The van der Waals surface area contributed by atoms with E-state index < -0.39 is 0 Å². The van der Waals surface area contributed by atoms with Crippen LogP contribution < -0.4 is 8.39 Å². The number of hydrogen-bond acceptors (Lipinski definition) is 3. The van der Waals surface area contributed by atoms with Crippen LogP contribution in [0.1, 0.15) is 0 Å². The Labute approximate surface area is 128 Å². The molecule has 0 saturated heterocycles. The fraction of sp³-hybridized carbons (Fsp3) is 0. The minimum absolute atomic E-state index is 0.318. The molecule has 0 fully saturated rings. The molecule has 0 amide bonds. The van der Waals surface area contributed by atoms with E-state index in [1.165, 1.54) is 3.07 Å². The van der Waals surface area contributed by atoms with Gasteiger partial charge in [0.25, 0.3) is 0 Å². The topological polar surface area (TPSA) is 24.9 Å². The van der Waals surface area contributed by atoms with Crippen molar-refractivity contribution in [1.29, 1.82) is 0 Å². The Morgan fingerprint density at radius 3 is 2.18 bits per heavy atom. The van der Waals surface area contributed by atoms with Crippen molar-refractivity contribution in [3.05, 3.63) is 54.7 Å². The maximum atomic E-state index is 4.64. The van der Waals surface area contributed by atoms with Gasteiger partial charge in [-0.15, -0.1) is 0 Å². The first-order chi connectivity index (χ1) is 8.18. The van der Waals surface area contributed by atoms with E-state index in [0.29, 0.717) is 10.1 Å². The zero-order valence-electron chi connectivity index (χ0n) is 9.17. The van der Waals surface area contributed by atoms with Crippen molar-refractivity contribution in [1.82, 2.24) is 4.98 Å². The summed E-state index contributed by atoms with van der Waals surface area (Å²) in [6, 6.07) is 16.1. The fourth-order valence-electron chi connectivity index (χ4n) is 1.02. The third-order valence-electron chi connectivity index (χ3n) is 1.74. The normalized spacial score (nSPS) is 8.82. The Bertz CT molecular complexity index is 449. The molecule has 17 heavy (non-hydrogen) atoms. The number of thiocarbonyl (C=S) groups is 1. The second-order valence-electron chi connectivity index (χ2n) is 3.11. The van der Waals surface area contributed by atoms with Gasteiger partial charge in [0.2, 0.25) is 0 Å². The Balaban J connectivity index is 0.000000181. The molecule has 1 heterocycles. The van der Waals surface area contributed by atoms with Crippen LogP contribution in [0.4, 0.5) is 5.82 Å². The van der Waals surface area contributed by atoms with E-state index in [-0.39, 0.29) is 0 Å². The Morgan fingerprint density at radius 2 is 1.76 bits per heavy atom. The number of benzene rings is 1. The number of pyridine rings is 1. The van der Waals surface area contributed by atoms with Gasteiger partial charge < -0.3 is 30.2 Å². The maximum absolute atomic E-state index is 4.64. The minimum atomic E-state index is 0.318. The molecule has 0 bridgehead atoms. The third-order valence-corrected chi connectivity index (χ3v) is 3.77. The molecule has 2 nitrogen and oxygen atoms in total. The van der Waals surface area contributed by atoms with Crippen molar-refractivity contribution < 1.29 is 26.1 Å². The average Bonchev–Trinajstić information content (AvgIpc) is 2.31. The summed E-state index contributed by atoms with van der Waals surface area (Å²) >= 11 is 10.1. The number of nitrogens with one attached hydrogen (secondary N) is 1. The Hall–Kier alpha value is -0.585. The van der Waals surface area contributed by atoms with Crippen LogP contribution in [0.5, 0.6) is 0 Å². The molecule has 0 spiro atoms. The predicted molar refractivity (Wildman–Crippen MR) is 73.9 cm³/mol. The molecule has 2 rings (SSSR count). The molecular weight excluding hydrogens is 437 g/mol. The standard InChI is InChI=1S/C6H6N2S2.C6H5.Hg/c9-6(10)8-5-3-1-2-4-7-5;1-2-4-6-5-3-1;/h1-4H,(H2,7,8,9,10);1-5H;/q;;+1/p-1. The van der Waals surface area contributed by atoms with Gasteiger partial charge in [-0.1, -0.05) is 10.4 Å². The number of anilines is 1. The van der Waals surface area contributed by atoms with E-state index >= 15 is 0 Å². The van der Waals surface area contributed by atoms with Crippen LogP contribution in [0.25, 0.3) is 0 Å². The van der Waals surface area contributed by atoms with Crippen molar-refractivity contribution in [2.75, 3.05) is 5.32 Å². The number of rotatable bonds is 1. The van der Waals surface area contributed by atoms with Crippen molar-refractivity contribution in [3.8, 4) is 0 Å². The number of hydrogen-bond donors (Lipinski definition) is 1. The van der Waals surface area contributed by atoms with Crippen LogP contribution in [-0.2, 0) is 38.8 Å². The molecule has 0 aliphatic rings. The van der Waals surface area contributed by atoms with Gasteiger partial charge >= 0.3 is 59.5 Å². The van der Waals surface area contributed by atoms with Gasteiger partial charge in [-0.3, -0.25) is 0 Å². The van der Waals surface area contributed by atoms with Gasteiger partial charge in [-0.05, 0) is 12.1 Å². The molecule has 1 aromatic heterocycles. The summed E-state index contributed by atoms with van der Waals surface area (Å²) in [5.74, 6) is 0.697. The monoisotopic (exact) mass is 448 g/mol. The van der Waals surface area contributed by atoms with E-state index in [0.717, 1.165) is 26.1 Å². The molecular formula is C12H10HgN2S2. The first kappa shape index (κ1) is 14.5. The second kappa shape index (κ2) is 8.50. The molecule has 2 aromatic rings. The summed E-state index contributed by atoms with van der Waals surface area (Å²) < 4.78 is 1.83. The van der Waals surface area contributed by atoms with E-state index in [4.69, 9.17) is 0 Å². The zero-order chi connectivity index (χ0) is 12.5. The van der Waals surface area contributed by atoms with Gasteiger partial charge in [0.15, 0.2) is 0 Å². The van der Waals surface area contributed by atoms with Gasteiger partial charge in [0.05, 0.1) is 0 Å². The van der Waals surface area contributed by atoms with Crippen LogP contribution in [0.15, 0.2) is 54.7 Å². The van der Waals surface area contributed by atoms with Gasteiger partial charge in [0, 0.05) is 6.20 Å². The first-order valence-electron chi connectivity index (χ1n) is 4.94. The predicted octanol–water partition coefficient (Wildman–Crippen LogP) is 2.18. The summed E-state index contributed by atoms with van der Waals surface area (Å²) in [6.45, 7) is 0. The molecule has 0 aliphatic heterocycles. The SMILES string of the molecule is S=C([S-])Nc1ccccn1.[Hg+][c]1ccccc1. The van der Waals surface area contributed by atoms with Crippen LogP contribution in [0, 0.1) is 0 Å². The van der Waals surface area contributed by atoms with Gasteiger partial charge in [0.1, 0.15) is 5.82 Å². The molecule has 0 radical (unpaired) electrons. The van der Waals surface area contributed by atoms with E-state index in [2.05, 4.69) is 65.5 Å². The molecule has 0 unspecified atom stereocenters. The van der Waals surface area contributed by atoms with Gasteiger partial charge in [-0.25, -0.2) is 4.98 Å². The fourth-order valence-corrected chi connectivity index (χ4v) is 2.29. The van der Waals surface area contributed by atoms with E-state index in [9.17, 15) is 0 Å². The van der Waals surface area contributed by atoms with E-state index in [1.54, 1.807) is 12.3 Å². The van der Waals surface area contributed by atoms with Crippen molar-refractivity contribution >= 4 is 38.1 Å². The van der Waals surface area contributed by atoms with Crippen LogP contribution in [-0.4, -0.2) is 9.30 Å². The third kappa shape index (κ3) is 7.36. The summed E-state index contributed by atoms with van der Waals surface area (Å²) in [5, 5.41) is 2.74.